The van der Waals surface area contributed by atoms with Crippen molar-refractivity contribution < 1.29 is 8.42 Å². The standard InChI is InChI=1S/C25H25N5O2S/c31-33(32,28-17-19-8-3-1-4-9-19)21-11-7-10-20(16-21)22-12-13-23-24(29-22)25(27-18-26-23)30-14-5-2-6-15-30/h1,3-4,7-13,16,18,28H,2,5-6,14-15,17H2. The maximum Gasteiger partial charge on any atom is 0.240 e. The van der Waals surface area contributed by atoms with Crippen molar-refractivity contribution >= 4 is 26.9 Å². The van der Waals surface area contributed by atoms with Gasteiger partial charge in [0.25, 0.3) is 0 Å². The van der Waals surface area contributed by atoms with E-state index in [2.05, 4.69) is 19.6 Å². The lowest BCUT2D eigenvalue weighted by Crippen LogP contribution is -2.30. The summed E-state index contributed by atoms with van der Waals surface area (Å²) in [5.41, 5.74) is 3.84. The summed E-state index contributed by atoms with van der Waals surface area (Å²) in [6.07, 6.45) is 5.10. The number of hydrogen-bond donors (Lipinski definition) is 1. The number of hydrogen-bond acceptors (Lipinski definition) is 6. The molecule has 0 unspecified atom stereocenters. The fraction of sp³-hybridized carbons (Fsp3) is 0.240. The Hall–Kier alpha value is -3.36. The lowest BCUT2D eigenvalue weighted by Gasteiger charge is -2.28. The topological polar surface area (TPSA) is 88.1 Å². The van der Waals surface area contributed by atoms with Crippen LogP contribution in [0.2, 0.25) is 0 Å². The number of nitrogens with one attached hydrogen (secondary N) is 1. The molecular weight excluding hydrogens is 434 g/mol. The first-order valence-corrected chi connectivity index (χ1v) is 12.6. The molecule has 2 aromatic heterocycles. The molecule has 1 saturated heterocycles. The third-order valence-electron chi connectivity index (χ3n) is 5.87. The molecule has 7 nitrogen and oxygen atoms in total. The summed E-state index contributed by atoms with van der Waals surface area (Å²) in [4.78, 5) is 16.2. The van der Waals surface area contributed by atoms with Gasteiger partial charge in [0.15, 0.2) is 5.82 Å². The monoisotopic (exact) mass is 459 g/mol. The van der Waals surface area contributed by atoms with Crippen LogP contribution >= 0.6 is 0 Å². The van der Waals surface area contributed by atoms with E-state index >= 15 is 0 Å². The average Bonchev–Trinajstić information content (AvgIpc) is 2.88. The zero-order chi connectivity index (χ0) is 22.7. The molecule has 2 aromatic carbocycles. The van der Waals surface area contributed by atoms with Crippen molar-refractivity contribution in [2.75, 3.05) is 18.0 Å². The smallest absolute Gasteiger partial charge is 0.240 e. The van der Waals surface area contributed by atoms with Crippen LogP contribution in [0, 0.1) is 0 Å². The molecule has 33 heavy (non-hydrogen) atoms. The summed E-state index contributed by atoms with van der Waals surface area (Å²) in [5, 5.41) is 0. The fourth-order valence-electron chi connectivity index (χ4n) is 4.11. The quantitative estimate of drug-likeness (QED) is 0.466. The van der Waals surface area contributed by atoms with Gasteiger partial charge in [-0.1, -0.05) is 42.5 Å². The van der Waals surface area contributed by atoms with Gasteiger partial charge in [-0.05, 0) is 49.1 Å². The van der Waals surface area contributed by atoms with Crippen molar-refractivity contribution in [1.29, 1.82) is 0 Å². The summed E-state index contributed by atoms with van der Waals surface area (Å²) < 4.78 is 28.5. The number of nitrogens with zero attached hydrogens (tertiary/aromatic N) is 4. The van der Waals surface area contributed by atoms with E-state index in [1.54, 1.807) is 24.5 Å². The highest BCUT2D eigenvalue weighted by Gasteiger charge is 2.18. The predicted molar refractivity (Wildman–Crippen MR) is 129 cm³/mol. The van der Waals surface area contributed by atoms with E-state index in [1.165, 1.54) is 6.42 Å². The maximum atomic E-state index is 12.9. The minimum absolute atomic E-state index is 0.207. The third-order valence-corrected chi connectivity index (χ3v) is 7.27. The van der Waals surface area contributed by atoms with E-state index < -0.39 is 10.0 Å². The molecule has 1 N–H and O–H groups in total. The van der Waals surface area contributed by atoms with Crippen LogP contribution < -0.4 is 9.62 Å². The van der Waals surface area contributed by atoms with Gasteiger partial charge in [0.05, 0.1) is 16.1 Å². The van der Waals surface area contributed by atoms with Gasteiger partial charge in [-0.25, -0.2) is 28.1 Å². The Morgan fingerprint density at radius 3 is 2.52 bits per heavy atom. The van der Waals surface area contributed by atoms with Crippen LogP contribution in [0.5, 0.6) is 0 Å². The number of piperidine rings is 1. The molecule has 0 spiro atoms. The molecule has 1 aliphatic heterocycles. The van der Waals surface area contributed by atoms with Gasteiger partial charge in [0, 0.05) is 25.2 Å². The largest absolute Gasteiger partial charge is 0.355 e. The number of pyridine rings is 1. The number of benzene rings is 2. The number of fused-ring (bicyclic) bond motifs is 1. The highest BCUT2D eigenvalue weighted by Crippen LogP contribution is 2.28. The predicted octanol–water partition coefficient (Wildman–Crippen LogP) is 4.16. The van der Waals surface area contributed by atoms with Crippen molar-refractivity contribution in [1.82, 2.24) is 19.7 Å². The summed E-state index contributed by atoms with van der Waals surface area (Å²) >= 11 is 0. The van der Waals surface area contributed by atoms with Crippen molar-refractivity contribution in [3.05, 3.63) is 78.6 Å². The van der Waals surface area contributed by atoms with Gasteiger partial charge >= 0.3 is 0 Å². The first kappa shape index (κ1) is 21.5. The molecule has 0 aliphatic carbocycles. The van der Waals surface area contributed by atoms with Crippen molar-refractivity contribution in [2.24, 2.45) is 0 Å². The molecule has 0 saturated carbocycles. The molecule has 8 heteroatoms. The molecule has 0 bridgehead atoms. The van der Waals surface area contributed by atoms with E-state index in [9.17, 15) is 8.42 Å². The molecule has 4 aromatic rings. The highest BCUT2D eigenvalue weighted by atomic mass is 32.2. The van der Waals surface area contributed by atoms with E-state index in [-0.39, 0.29) is 11.4 Å². The summed E-state index contributed by atoms with van der Waals surface area (Å²) in [7, 11) is -3.67. The van der Waals surface area contributed by atoms with Crippen LogP contribution in [0.15, 0.2) is 78.0 Å². The summed E-state index contributed by atoms with van der Waals surface area (Å²) in [5.74, 6) is 0.842. The van der Waals surface area contributed by atoms with Crippen LogP contribution in [-0.2, 0) is 16.6 Å². The minimum Gasteiger partial charge on any atom is -0.355 e. The Kier molecular flexibility index (Phi) is 6.02. The Morgan fingerprint density at radius 1 is 0.879 bits per heavy atom. The van der Waals surface area contributed by atoms with Gasteiger partial charge in [0.1, 0.15) is 11.8 Å². The van der Waals surface area contributed by atoms with Gasteiger partial charge in [-0.15, -0.1) is 0 Å². The van der Waals surface area contributed by atoms with Crippen LogP contribution in [-0.4, -0.2) is 36.5 Å². The molecule has 168 valence electrons. The second-order valence-electron chi connectivity index (χ2n) is 8.15. The number of sulfonamides is 1. The number of rotatable bonds is 6. The molecule has 0 amide bonds. The third kappa shape index (κ3) is 4.72. The normalized spacial score (nSPS) is 14.5. The SMILES string of the molecule is O=S(=O)(NCc1ccccc1)c1cccc(-c2ccc3ncnc(N4CCCCC4)c3n2)c1. The van der Waals surface area contributed by atoms with E-state index in [0.29, 0.717) is 5.69 Å². The lowest BCUT2D eigenvalue weighted by molar-refractivity contribution is 0.574. The highest BCUT2D eigenvalue weighted by molar-refractivity contribution is 7.89. The van der Waals surface area contributed by atoms with Gasteiger partial charge in [-0.2, -0.15) is 0 Å². The Balaban J connectivity index is 1.46. The zero-order valence-corrected chi connectivity index (χ0v) is 19.0. The van der Waals surface area contributed by atoms with Crippen molar-refractivity contribution in [3.8, 4) is 11.3 Å². The van der Waals surface area contributed by atoms with Crippen LogP contribution in [0.4, 0.5) is 5.82 Å². The van der Waals surface area contributed by atoms with E-state index in [0.717, 1.165) is 53.9 Å². The van der Waals surface area contributed by atoms with Gasteiger partial charge in [0.2, 0.25) is 10.0 Å². The Morgan fingerprint density at radius 2 is 1.70 bits per heavy atom. The average molecular weight is 460 g/mol. The molecular formula is C25H25N5O2S. The van der Waals surface area contributed by atoms with E-state index in [4.69, 9.17) is 4.98 Å². The molecule has 0 atom stereocenters. The maximum absolute atomic E-state index is 12.9. The van der Waals surface area contributed by atoms with Crippen LogP contribution in [0.25, 0.3) is 22.3 Å². The molecule has 0 radical (unpaired) electrons. The molecule has 1 aliphatic rings. The molecule has 5 rings (SSSR count). The van der Waals surface area contributed by atoms with Crippen molar-refractivity contribution in [2.45, 2.75) is 30.7 Å². The van der Waals surface area contributed by atoms with Crippen LogP contribution in [0.1, 0.15) is 24.8 Å². The first-order valence-electron chi connectivity index (χ1n) is 11.1. The number of aromatic nitrogens is 3. The second-order valence-corrected chi connectivity index (χ2v) is 9.91. The van der Waals surface area contributed by atoms with Crippen LogP contribution in [0.3, 0.4) is 0 Å². The summed E-state index contributed by atoms with van der Waals surface area (Å²) in [6.45, 7) is 2.15. The number of anilines is 1. The molecule has 1 fully saturated rings. The zero-order valence-electron chi connectivity index (χ0n) is 18.2. The minimum atomic E-state index is -3.67. The van der Waals surface area contributed by atoms with Crippen molar-refractivity contribution in [3.63, 3.8) is 0 Å². The molecule has 3 heterocycles. The Labute approximate surface area is 193 Å². The Bertz CT molecular complexity index is 1370. The summed E-state index contributed by atoms with van der Waals surface area (Å²) in [6, 6.07) is 20.1. The first-order chi connectivity index (χ1) is 16.1. The van der Waals surface area contributed by atoms with E-state index in [1.807, 2.05) is 48.5 Å². The van der Waals surface area contributed by atoms with Gasteiger partial charge in [-0.3, -0.25) is 0 Å². The fourth-order valence-corrected chi connectivity index (χ4v) is 5.17. The lowest BCUT2D eigenvalue weighted by atomic mass is 10.1. The van der Waals surface area contributed by atoms with Gasteiger partial charge < -0.3 is 4.90 Å². The second kappa shape index (κ2) is 9.25.